The second-order valence-corrected chi connectivity index (χ2v) is 6.63. The zero-order valence-corrected chi connectivity index (χ0v) is 16.2. The molecular weight excluding hydrogens is 383 g/mol. The molecule has 150 valence electrons. The molecule has 0 saturated carbocycles. The maximum atomic E-state index is 13.4. The van der Waals surface area contributed by atoms with Crippen molar-refractivity contribution < 1.29 is 13.7 Å². The maximum Gasteiger partial charge on any atom is 0.239 e. The first-order valence-corrected chi connectivity index (χ1v) is 9.37. The van der Waals surface area contributed by atoms with Gasteiger partial charge in [0.05, 0.1) is 12.0 Å². The lowest BCUT2D eigenvalue weighted by molar-refractivity contribution is -0.115. The molecule has 0 bridgehead atoms. The van der Waals surface area contributed by atoms with E-state index in [4.69, 9.17) is 4.52 Å². The monoisotopic (exact) mass is 402 g/mol. The number of halogens is 1. The van der Waals surface area contributed by atoms with Gasteiger partial charge in [-0.05, 0) is 47.5 Å². The Labute approximate surface area is 172 Å². The Morgan fingerprint density at radius 3 is 2.53 bits per heavy atom. The van der Waals surface area contributed by atoms with Gasteiger partial charge in [0.25, 0.3) is 0 Å². The molecule has 4 aromatic rings. The van der Waals surface area contributed by atoms with Crippen molar-refractivity contribution in [2.75, 3.05) is 17.7 Å². The lowest BCUT2D eigenvalue weighted by atomic mass is 10.0. The van der Waals surface area contributed by atoms with Crippen molar-refractivity contribution in [3.8, 4) is 22.4 Å². The number of anilines is 2. The highest BCUT2D eigenvalue weighted by atomic mass is 19.1. The number of hydrogen-bond acceptors (Lipinski definition) is 5. The van der Waals surface area contributed by atoms with Crippen LogP contribution in [-0.4, -0.2) is 23.1 Å². The van der Waals surface area contributed by atoms with Gasteiger partial charge in [0.1, 0.15) is 17.3 Å². The van der Waals surface area contributed by atoms with Gasteiger partial charge >= 0.3 is 0 Å². The van der Waals surface area contributed by atoms with Gasteiger partial charge in [-0.1, -0.05) is 35.5 Å². The predicted molar refractivity (Wildman–Crippen MR) is 113 cm³/mol. The summed E-state index contributed by atoms with van der Waals surface area (Å²) in [5.74, 6) is 0.303. The molecule has 1 amide bonds. The highest BCUT2D eigenvalue weighted by Gasteiger charge is 2.21. The summed E-state index contributed by atoms with van der Waals surface area (Å²) in [4.78, 5) is 16.8. The molecule has 0 radical (unpaired) electrons. The number of nitrogens with zero attached hydrogens (tertiary/aromatic N) is 2. The molecule has 6 nitrogen and oxygen atoms in total. The first-order chi connectivity index (χ1) is 14.6. The van der Waals surface area contributed by atoms with E-state index < -0.39 is 0 Å². The molecule has 30 heavy (non-hydrogen) atoms. The van der Waals surface area contributed by atoms with Crippen LogP contribution < -0.4 is 10.6 Å². The summed E-state index contributed by atoms with van der Waals surface area (Å²) in [5.41, 5.74) is 3.41. The van der Waals surface area contributed by atoms with Crippen LogP contribution in [0.15, 0.2) is 77.4 Å². The minimum Gasteiger partial charge on any atom is -0.373 e. The van der Waals surface area contributed by atoms with Crippen LogP contribution in [0.4, 0.5) is 16.1 Å². The van der Waals surface area contributed by atoms with E-state index in [9.17, 15) is 9.18 Å². The Balaban J connectivity index is 1.72. The second-order valence-electron chi connectivity index (χ2n) is 6.63. The van der Waals surface area contributed by atoms with Crippen LogP contribution in [0.2, 0.25) is 0 Å². The van der Waals surface area contributed by atoms with Crippen molar-refractivity contribution in [1.29, 1.82) is 0 Å². The van der Waals surface area contributed by atoms with Crippen LogP contribution in [0.1, 0.15) is 5.56 Å². The van der Waals surface area contributed by atoms with Crippen molar-refractivity contribution >= 4 is 17.6 Å². The van der Waals surface area contributed by atoms with E-state index in [1.54, 1.807) is 31.4 Å². The predicted octanol–water partition coefficient (Wildman–Crippen LogP) is 4.77. The van der Waals surface area contributed by atoms with Gasteiger partial charge in [-0.2, -0.15) is 0 Å². The van der Waals surface area contributed by atoms with Crippen molar-refractivity contribution in [2.45, 2.75) is 6.42 Å². The number of amides is 1. The highest BCUT2D eigenvalue weighted by Crippen LogP contribution is 2.38. The summed E-state index contributed by atoms with van der Waals surface area (Å²) in [6.07, 6.45) is 1.85. The molecule has 0 atom stereocenters. The Bertz CT molecular complexity index is 1160. The second kappa shape index (κ2) is 8.57. The fourth-order valence-electron chi connectivity index (χ4n) is 3.12. The molecule has 0 aliphatic heterocycles. The lowest BCUT2D eigenvalue weighted by Gasteiger charge is -2.08. The van der Waals surface area contributed by atoms with Gasteiger partial charge in [-0.3, -0.25) is 10.1 Å². The molecule has 7 heteroatoms. The van der Waals surface area contributed by atoms with Gasteiger partial charge in [0.15, 0.2) is 0 Å². The van der Waals surface area contributed by atoms with E-state index in [1.165, 1.54) is 12.1 Å². The Kier molecular flexibility index (Phi) is 5.52. The summed E-state index contributed by atoms with van der Waals surface area (Å²) in [5, 5.41) is 9.96. The van der Waals surface area contributed by atoms with E-state index in [0.717, 1.165) is 11.1 Å². The van der Waals surface area contributed by atoms with Crippen molar-refractivity contribution in [1.82, 2.24) is 10.1 Å². The van der Waals surface area contributed by atoms with Crippen LogP contribution in [0.5, 0.6) is 0 Å². The third-order valence-electron chi connectivity index (χ3n) is 4.57. The molecule has 0 aliphatic carbocycles. The molecule has 2 heterocycles. The van der Waals surface area contributed by atoms with Crippen molar-refractivity contribution in [3.05, 3.63) is 84.3 Å². The zero-order valence-electron chi connectivity index (χ0n) is 16.2. The summed E-state index contributed by atoms with van der Waals surface area (Å²) in [6, 6.07) is 19.0. The smallest absolute Gasteiger partial charge is 0.239 e. The van der Waals surface area contributed by atoms with E-state index >= 15 is 0 Å². The quantitative estimate of drug-likeness (QED) is 0.486. The largest absolute Gasteiger partial charge is 0.373 e. The molecule has 0 saturated heterocycles. The fourth-order valence-corrected chi connectivity index (χ4v) is 3.12. The number of carbonyl (C=O) groups excluding carboxylic acids is 1. The normalized spacial score (nSPS) is 10.6. The SMILES string of the molecule is CNc1cc(-c2c(-c3ccc(F)cc3)noc2NC(=O)Cc2ccccc2)ccn1. The number of rotatable bonds is 6. The minimum absolute atomic E-state index is 0.199. The summed E-state index contributed by atoms with van der Waals surface area (Å²) in [6.45, 7) is 0. The van der Waals surface area contributed by atoms with E-state index in [-0.39, 0.29) is 24.0 Å². The van der Waals surface area contributed by atoms with Gasteiger partial charge in [0.2, 0.25) is 11.8 Å². The Morgan fingerprint density at radius 2 is 1.80 bits per heavy atom. The van der Waals surface area contributed by atoms with E-state index in [1.807, 2.05) is 36.4 Å². The third kappa shape index (κ3) is 4.20. The Hall–Kier alpha value is -4.00. The summed E-state index contributed by atoms with van der Waals surface area (Å²) in [7, 11) is 1.77. The van der Waals surface area contributed by atoms with Gasteiger partial charge in [-0.15, -0.1) is 0 Å². The minimum atomic E-state index is -0.346. The number of aromatic nitrogens is 2. The van der Waals surface area contributed by atoms with E-state index in [2.05, 4.69) is 20.8 Å². The van der Waals surface area contributed by atoms with Crippen LogP contribution in [0.3, 0.4) is 0 Å². The molecule has 0 unspecified atom stereocenters. The Morgan fingerprint density at radius 1 is 1.03 bits per heavy atom. The number of nitrogens with one attached hydrogen (secondary N) is 2. The van der Waals surface area contributed by atoms with Gasteiger partial charge in [0, 0.05) is 18.8 Å². The van der Waals surface area contributed by atoms with Crippen molar-refractivity contribution in [3.63, 3.8) is 0 Å². The first kappa shape index (κ1) is 19.3. The van der Waals surface area contributed by atoms with Crippen molar-refractivity contribution in [2.24, 2.45) is 0 Å². The van der Waals surface area contributed by atoms with Crippen LogP contribution in [0.25, 0.3) is 22.4 Å². The molecule has 0 spiro atoms. The van der Waals surface area contributed by atoms with Gasteiger partial charge < -0.3 is 9.84 Å². The number of benzene rings is 2. The molecule has 0 fully saturated rings. The third-order valence-corrected chi connectivity index (χ3v) is 4.57. The van der Waals surface area contributed by atoms with Crippen LogP contribution >= 0.6 is 0 Å². The molecule has 2 aromatic heterocycles. The molecule has 2 aromatic carbocycles. The first-order valence-electron chi connectivity index (χ1n) is 9.37. The fraction of sp³-hybridized carbons (Fsp3) is 0.0870. The standard InChI is InChI=1S/C23H19FN4O2/c1-25-19-14-17(11-12-26-19)21-22(16-7-9-18(24)10-8-16)28-30-23(21)27-20(29)13-15-5-3-2-4-6-15/h2-12,14H,13H2,1H3,(H,25,26)(H,27,29). The molecule has 2 N–H and O–H groups in total. The lowest BCUT2D eigenvalue weighted by Crippen LogP contribution is -2.14. The summed E-state index contributed by atoms with van der Waals surface area (Å²) >= 11 is 0. The average molecular weight is 402 g/mol. The average Bonchev–Trinajstić information content (AvgIpc) is 3.18. The number of pyridine rings is 1. The summed E-state index contributed by atoms with van der Waals surface area (Å²) < 4.78 is 18.9. The molecular formula is C23H19FN4O2. The van der Waals surface area contributed by atoms with Gasteiger partial charge in [-0.25, -0.2) is 9.37 Å². The number of hydrogen-bond donors (Lipinski definition) is 2. The number of carbonyl (C=O) groups is 1. The highest BCUT2D eigenvalue weighted by molar-refractivity contribution is 5.98. The van der Waals surface area contributed by atoms with E-state index in [0.29, 0.717) is 22.6 Å². The van der Waals surface area contributed by atoms with Crippen LogP contribution in [0, 0.1) is 5.82 Å². The zero-order chi connectivity index (χ0) is 20.9. The molecule has 4 rings (SSSR count). The topological polar surface area (TPSA) is 80.0 Å². The van der Waals surface area contributed by atoms with Crippen LogP contribution in [-0.2, 0) is 11.2 Å². The maximum absolute atomic E-state index is 13.4. The molecule has 0 aliphatic rings.